The van der Waals surface area contributed by atoms with Crippen molar-refractivity contribution in [3.05, 3.63) is 18.0 Å². The number of hydrogen-bond donors (Lipinski definition) is 1. The summed E-state index contributed by atoms with van der Waals surface area (Å²) in [6.07, 6.45) is 5.16. The first-order chi connectivity index (χ1) is 8.69. The van der Waals surface area contributed by atoms with Crippen molar-refractivity contribution in [3.63, 3.8) is 0 Å². The van der Waals surface area contributed by atoms with E-state index in [4.69, 9.17) is 5.26 Å². The van der Waals surface area contributed by atoms with E-state index >= 15 is 0 Å². The SMILES string of the molecule is Cn1cc(CNC(=O)N2CCC(C#N)CC2)cn1. The van der Waals surface area contributed by atoms with Gasteiger partial charge in [0.05, 0.1) is 12.3 Å². The van der Waals surface area contributed by atoms with Crippen LogP contribution in [0, 0.1) is 17.2 Å². The Morgan fingerprint density at radius 2 is 2.33 bits per heavy atom. The Morgan fingerprint density at radius 3 is 2.89 bits per heavy atom. The second-order valence-corrected chi connectivity index (χ2v) is 4.57. The van der Waals surface area contributed by atoms with Crippen LogP contribution in [0.3, 0.4) is 0 Å². The number of rotatable bonds is 2. The predicted octanol–water partition coefficient (Wildman–Crippen LogP) is 0.865. The summed E-state index contributed by atoms with van der Waals surface area (Å²) in [5, 5.41) is 15.7. The molecule has 1 N–H and O–H groups in total. The lowest BCUT2D eigenvalue weighted by Crippen LogP contribution is -2.44. The van der Waals surface area contributed by atoms with Crippen LogP contribution >= 0.6 is 0 Å². The average Bonchev–Trinajstić information content (AvgIpc) is 2.82. The van der Waals surface area contributed by atoms with Gasteiger partial charge >= 0.3 is 6.03 Å². The lowest BCUT2D eigenvalue weighted by Gasteiger charge is -2.29. The molecule has 18 heavy (non-hydrogen) atoms. The number of likely N-dealkylation sites (tertiary alicyclic amines) is 1. The molecule has 0 radical (unpaired) electrons. The molecule has 6 nitrogen and oxygen atoms in total. The van der Waals surface area contributed by atoms with Gasteiger partial charge in [0.1, 0.15) is 0 Å². The van der Waals surface area contributed by atoms with E-state index in [1.807, 2.05) is 13.2 Å². The van der Waals surface area contributed by atoms with E-state index in [2.05, 4.69) is 16.5 Å². The van der Waals surface area contributed by atoms with E-state index in [-0.39, 0.29) is 11.9 Å². The van der Waals surface area contributed by atoms with E-state index < -0.39 is 0 Å². The number of amides is 2. The quantitative estimate of drug-likeness (QED) is 0.842. The van der Waals surface area contributed by atoms with Crippen LogP contribution in [0.25, 0.3) is 0 Å². The van der Waals surface area contributed by atoms with Gasteiger partial charge in [-0.15, -0.1) is 0 Å². The maximum absolute atomic E-state index is 11.9. The Hall–Kier alpha value is -2.03. The van der Waals surface area contributed by atoms with Crippen molar-refractivity contribution in [1.29, 1.82) is 5.26 Å². The lowest BCUT2D eigenvalue weighted by molar-refractivity contribution is 0.178. The molecule has 0 aliphatic carbocycles. The van der Waals surface area contributed by atoms with Gasteiger partial charge in [-0.2, -0.15) is 10.4 Å². The molecule has 0 aromatic carbocycles. The number of aryl methyl sites for hydroxylation is 1. The summed E-state index contributed by atoms with van der Waals surface area (Å²) in [5.74, 6) is 0.104. The second kappa shape index (κ2) is 5.54. The molecule has 2 amide bonds. The molecule has 0 bridgehead atoms. The number of nitriles is 1. The zero-order valence-electron chi connectivity index (χ0n) is 10.5. The molecule has 2 heterocycles. The van der Waals surface area contributed by atoms with Crippen molar-refractivity contribution >= 4 is 6.03 Å². The summed E-state index contributed by atoms with van der Waals surface area (Å²) < 4.78 is 1.71. The minimum absolute atomic E-state index is 0.0600. The van der Waals surface area contributed by atoms with Crippen molar-refractivity contribution in [2.24, 2.45) is 13.0 Å². The van der Waals surface area contributed by atoms with Crippen LogP contribution in [0.1, 0.15) is 18.4 Å². The number of nitrogens with one attached hydrogen (secondary N) is 1. The highest BCUT2D eigenvalue weighted by atomic mass is 16.2. The van der Waals surface area contributed by atoms with Gasteiger partial charge in [-0.1, -0.05) is 0 Å². The zero-order valence-corrected chi connectivity index (χ0v) is 10.5. The minimum Gasteiger partial charge on any atom is -0.334 e. The first-order valence-corrected chi connectivity index (χ1v) is 6.09. The fraction of sp³-hybridized carbons (Fsp3) is 0.583. The van der Waals surface area contributed by atoms with Gasteiger partial charge in [-0.3, -0.25) is 4.68 Å². The monoisotopic (exact) mass is 247 g/mol. The highest BCUT2D eigenvalue weighted by Gasteiger charge is 2.22. The molecule has 0 spiro atoms. The van der Waals surface area contributed by atoms with Crippen LogP contribution in [0.4, 0.5) is 4.79 Å². The molecule has 6 heteroatoms. The first-order valence-electron chi connectivity index (χ1n) is 6.09. The largest absolute Gasteiger partial charge is 0.334 e. The van der Waals surface area contributed by atoms with E-state index in [0.29, 0.717) is 19.6 Å². The van der Waals surface area contributed by atoms with Crippen LogP contribution in [0.15, 0.2) is 12.4 Å². The predicted molar refractivity (Wildman–Crippen MR) is 65.4 cm³/mol. The summed E-state index contributed by atoms with van der Waals surface area (Å²) >= 11 is 0. The molecule has 1 aliphatic heterocycles. The number of carbonyl (C=O) groups is 1. The van der Waals surface area contributed by atoms with Gasteiger partial charge in [0, 0.05) is 44.4 Å². The normalized spacial score (nSPS) is 16.3. The third-order valence-electron chi connectivity index (χ3n) is 3.17. The lowest BCUT2D eigenvalue weighted by atomic mass is 9.99. The molecule has 1 saturated heterocycles. The van der Waals surface area contributed by atoms with Crippen LogP contribution < -0.4 is 5.32 Å². The fourth-order valence-corrected chi connectivity index (χ4v) is 2.06. The number of hydrogen-bond acceptors (Lipinski definition) is 3. The highest BCUT2D eigenvalue weighted by molar-refractivity contribution is 5.74. The maximum atomic E-state index is 11.9. The van der Waals surface area contributed by atoms with Gasteiger partial charge < -0.3 is 10.2 Å². The average molecular weight is 247 g/mol. The molecule has 1 aliphatic rings. The molecular formula is C12H17N5O. The molecule has 1 aromatic heterocycles. The van der Waals surface area contributed by atoms with Crippen molar-refractivity contribution in [2.45, 2.75) is 19.4 Å². The number of aromatic nitrogens is 2. The first kappa shape index (κ1) is 12.4. The standard InChI is InChI=1S/C12H17N5O/c1-16-9-11(8-15-16)7-14-12(18)17-4-2-10(6-13)3-5-17/h8-10H,2-5,7H2,1H3,(H,14,18). The Morgan fingerprint density at radius 1 is 1.61 bits per heavy atom. The maximum Gasteiger partial charge on any atom is 0.317 e. The summed E-state index contributed by atoms with van der Waals surface area (Å²) in [5.41, 5.74) is 0.984. The third kappa shape index (κ3) is 3.00. The minimum atomic E-state index is -0.0600. The molecule has 0 unspecified atom stereocenters. The number of carbonyl (C=O) groups excluding carboxylic acids is 1. The summed E-state index contributed by atoms with van der Waals surface area (Å²) in [6.45, 7) is 1.82. The summed E-state index contributed by atoms with van der Waals surface area (Å²) in [4.78, 5) is 13.6. The van der Waals surface area contributed by atoms with Crippen molar-refractivity contribution < 1.29 is 4.79 Å². The van der Waals surface area contributed by atoms with E-state index in [9.17, 15) is 4.79 Å². The van der Waals surface area contributed by atoms with Gasteiger partial charge in [0.2, 0.25) is 0 Å². The van der Waals surface area contributed by atoms with Gasteiger partial charge in [-0.05, 0) is 12.8 Å². The van der Waals surface area contributed by atoms with Crippen molar-refractivity contribution in [1.82, 2.24) is 20.0 Å². The summed E-state index contributed by atoms with van der Waals surface area (Å²) in [7, 11) is 1.85. The number of urea groups is 1. The zero-order chi connectivity index (χ0) is 13.0. The van der Waals surface area contributed by atoms with Crippen molar-refractivity contribution in [2.75, 3.05) is 13.1 Å². The smallest absolute Gasteiger partial charge is 0.317 e. The van der Waals surface area contributed by atoms with Gasteiger partial charge in [0.25, 0.3) is 0 Å². The number of piperidine rings is 1. The molecule has 1 aromatic rings. The highest BCUT2D eigenvalue weighted by Crippen LogP contribution is 2.15. The van der Waals surface area contributed by atoms with Crippen LogP contribution in [-0.4, -0.2) is 33.8 Å². The van der Waals surface area contributed by atoms with E-state index in [1.165, 1.54) is 0 Å². The molecule has 96 valence electrons. The second-order valence-electron chi connectivity index (χ2n) is 4.57. The molecular weight excluding hydrogens is 230 g/mol. The Balaban J connectivity index is 1.77. The molecule has 0 atom stereocenters. The molecule has 1 fully saturated rings. The van der Waals surface area contributed by atoms with Crippen LogP contribution in [-0.2, 0) is 13.6 Å². The Bertz CT molecular complexity index is 453. The topological polar surface area (TPSA) is 74.0 Å². The number of nitrogens with zero attached hydrogens (tertiary/aromatic N) is 4. The molecule has 0 saturated carbocycles. The Kier molecular flexibility index (Phi) is 3.82. The van der Waals surface area contributed by atoms with E-state index in [0.717, 1.165) is 18.4 Å². The Labute approximate surface area is 106 Å². The van der Waals surface area contributed by atoms with Gasteiger partial charge in [-0.25, -0.2) is 4.79 Å². The van der Waals surface area contributed by atoms with Gasteiger partial charge in [0.15, 0.2) is 0 Å². The van der Waals surface area contributed by atoms with E-state index in [1.54, 1.807) is 15.8 Å². The van der Waals surface area contributed by atoms with Crippen LogP contribution in [0.5, 0.6) is 0 Å². The van der Waals surface area contributed by atoms with Crippen LogP contribution in [0.2, 0.25) is 0 Å². The molecule has 2 rings (SSSR count). The third-order valence-corrected chi connectivity index (χ3v) is 3.17. The fourth-order valence-electron chi connectivity index (χ4n) is 2.06. The summed E-state index contributed by atoms with van der Waals surface area (Å²) in [6, 6.07) is 2.19. The van der Waals surface area contributed by atoms with Crippen molar-refractivity contribution in [3.8, 4) is 6.07 Å².